The number of benzene rings is 1. The molecule has 0 aliphatic heterocycles. The van der Waals surface area contributed by atoms with Gasteiger partial charge in [0.15, 0.2) is 5.16 Å². The van der Waals surface area contributed by atoms with Crippen LogP contribution >= 0.6 is 27.7 Å². The molecule has 1 aromatic heterocycles. The molecule has 0 saturated heterocycles. The van der Waals surface area contributed by atoms with Crippen LogP contribution in [0.1, 0.15) is 25.6 Å². The molecule has 2 aromatic rings. The minimum atomic E-state index is -0.942. The van der Waals surface area contributed by atoms with Gasteiger partial charge >= 0.3 is 5.97 Å². The quantitative estimate of drug-likeness (QED) is 0.812. The summed E-state index contributed by atoms with van der Waals surface area (Å²) in [5.41, 5.74) is 0.567. The molecule has 0 radical (unpaired) electrons. The third-order valence-electron chi connectivity index (χ3n) is 2.66. The number of hydrogen-bond acceptors (Lipinski definition) is 4. The molecule has 0 unspecified atom stereocenters. The van der Waals surface area contributed by atoms with Gasteiger partial charge in [0, 0.05) is 5.92 Å². The Balaban J connectivity index is 2.49. The molecule has 21 heavy (non-hydrogen) atoms. The molecule has 1 N–H and O–H groups in total. The van der Waals surface area contributed by atoms with Crippen LogP contribution in [0.3, 0.4) is 0 Å². The predicted molar refractivity (Wildman–Crippen MR) is 81.5 cm³/mol. The Morgan fingerprint density at radius 3 is 2.76 bits per heavy atom. The van der Waals surface area contributed by atoms with Crippen molar-refractivity contribution in [3.05, 3.63) is 34.3 Å². The van der Waals surface area contributed by atoms with E-state index in [0.29, 0.717) is 21.1 Å². The molecule has 0 spiro atoms. The first-order chi connectivity index (χ1) is 9.90. The summed E-state index contributed by atoms with van der Waals surface area (Å²) in [7, 11) is 0. The molecule has 8 heteroatoms. The summed E-state index contributed by atoms with van der Waals surface area (Å²) in [6.07, 6.45) is 0. The van der Waals surface area contributed by atoms with Crippen LogP contribution in [0, 0.1) is 5.82 Å². The molecule has 0 amide bonds. The van der Waals surface area contributed by atoms with E-state index >= 15 is 0 Å². The summed E-state index contributed by atoms with van der Waals surface area (Å²) in [6, 6.07) is 4.69. The fourth-order valence-corrected chi connectivity index (χ4v) is 2.67. The van der Waals surface area contributed by atoms with Gasteiger partial charge in [-0.1, -0.05) is 25.6 Å². The lowest BCUT2D eigenvalue weighted by Crippen LogP contribution is -2.06. The van der Waals surface area contributed by atoms with Crippen molar-refractivity contribution in [2.75, 3.05) is 5.75 Å². The molecular weight excluding hydrogens is 361 g/mol. The number of carbonyl (C=O) groups is 1. The zero-order valence-electron chi connectivity index (χ0n) is 11.4. The van der Waals surface area contributed by atoms with E-state index < -0.39 is 11.8 Å². The number of rotatable bonds is 5. The molecule has 0 bridgehead atoms. The molecule has 1 heterocycles. The van der Waals surface area contributed by atoms with Crippen LogP contribution in [0.5, 0.6) is 0 Å². The minimum absolute atomic E-state index is 0.0726. The highest BCUT2D eigenvalue weighted by Crippen LogP contribution is 2.27. The van der Waals surface area contributed by atoms with Gasteiger partial charge in [0.1, 0.15) is 11.6 Å². The Kier molecular flexibility index (Phi) is 5.00. The molecule has 112 valence electrons. The SMILES string of the molecule is CC(C)c1nnc(SCC(=O)O)n1-c1ccc(Br)c(F)c1. The van der Waals surface area contributed by atoms with Crippen molar-refractivity contribution in [3.8, 4) is 5.69 Å². The normalized spacial score (nSPS) is 11.1. The number of halogens is 2. The van der Waals surface area contributed by atoms with Gasteiger partial charge in [0.25, 0.3) is 0 Å². The van der Waals surface area contributed by atoms with E-state index in [1.165, 1.54) is 6.07 Å². The van der Waals surface area contributed by atoms with Gasteiger partial charge in [-0.2, -0.15) is 0 Å². The van der Waals surface area contributed by atoms with Crippen LogP contribution < -0.4 is 0 Å². The Bertz CT molecular complexity index is 675. The van der Waals surface area contributed by atoms with E-state index in [2.05, 4.69) is 26.1 Å². The fraction of sp³-hybridized carbons (Fsp3) is 0.308. The fourth-order valence-electron chi connectivity index (χ4n) is 1.74. The van der Waals surface area contributed by atoms with Crippen LogP contribution in [0.2, 0.25) is 0 Å². The number of aliphatic carboxylic acids is 1. The van der Waals surface area contributed by atoms with E-state index in [9.17, 15) is 9.18 Å². The molecule has 0 atom stereocenters. The lowest BCUT2D eigenvalue weighted by Gasteiger charge is -2.12. The highest BCUT2D eigenvalue weighted by molar-refractivity contribution is 9.10. The Morgan fingerprint density at radius 1 is 1.48 bits per heavy atom. The van der Waals surface area contributed by atoms with Crippen molar-refractivity contribution in [2.45, 2.75) is 24.9 Å². The molecule has 0 aliphatic carbocycles. The van der Waals surface area contributed by atoms with Crippen molar-refractivity contribution in [1.29, 1.82) is 0 Å². The maximum Gasteiger partial charge on any atom is 0.313 e. The smallest absolute Gasteiger partial charge is 0.313 e. The molecule has 2 rings (SSSR count). The van der Waals surface area contributed by atoms with Crippen LogP contribution in [-0.2, 0) is 4.79 Å². The van der Waals surface area contributed by atoms with Crippen LogP contribution in [0.25, 0.3) is 5.69 Å². The number of hydrogen-bond donors (Lipinski definition) is 1. The second-order valence-corrected chi connectivity index (χ2v) is 6.41. The number of carboxylic acids is 1. The van der Waals surface area contributed by atoms with E-state index in [1.54, 1.807) is 16.7 Å². The van der Waals surface area contributed by atoms with Crippen LogP contribution in [-0.4, -0.2) is 31.6 Å². The van der Waals surface area contributed by atoms with Crippen molar-refractivity contribution in [1.82, 2.24) is 14.8 Å². The van der Waals surface area contributed by atoms with Crippen molar-refractivity contribution in [3.63, 3.8) is 0 Å². The first-order valence-electron chi connectivity index (χ1n) is 6.15. The van der Waals surface area contributed by atoms with Gasteiger partial charge in [-0.05, 0) is 34.1 Å². The number of thioether (sulfide) groups is 1. The maximum absolute atomic E-state index is 13.7. The lowest BCUT2D eigenvalue weighted by molar-refractivity contribution is -0.133. The van der Waals surface area contributed by atoms with Gasteiger partial charge in [-0.15, -0.1) is 10.2 Å². The summed E-state index contributed by atoms with van der Waals surface area (Å²) < 4.78 is 15.8. The first-order valence-corrected chi connectivity index (χ1v) is 7.93. The van der Waals surface area contributed by atoms with Crippen molar-refractivity contribution < 1.29 is 14.3 Å². The van der Waals surface area contributed by atoms with E-state index in [4.69, 9.17) is 5.11 Å². The average molecular weight is 374 g/mol. The lowest BCUT2D eigenvalue weighted by atomic mass is 10.2. The minimum Gasteiger partial charge on any atom is -0.481 e. The molecule has 0 saturated carbocycles. The van der Waals surface area contributed by atoms with E-state index in [0.717, 1.165) is 11.8 Å². The second-order valence-electron chi connectivity index (χ2n) is 4.61. The van der Waals surface area contributed by atoms with E-state index in [1.807, 2.05) is 13.8 Å². The molecular formula is C13H13BrFN3O2S. The standard InChI is InChI=1S/C13H13BrFN3O2S/c1-7(2)12-16-17-13(21-6-11(19)20)18(12)8-3-4-9(14)10(15)5-8/h3-5,7H,6H2,1-2H3,(H,19,20). The largest absolute Gasteiger partial charge is 0.481 e. The average Bonchev–Trinajstić information content (AvgIpc) is 2.83. The molecule has 5 nitrogen and oxygen atoms in total. The molecule has 0 aliphatic rings. The topological polar surface area (TPSA) is 68.0 Å². The highest BCUT2D eigenvalue weighted by atomic mass is 79.9. The summed E-state index contributed by atoms with van der Waals surface area (Å²) in [6.45, 7) is 3.89. The van der Waals surface area contributed by atoms with Crippen LogP contribution in [0.15, 0.2) is 27.8 Å². The van der Waals surface area contributed by atoms with Gasteiger partial charge in [0.2, 0.25) is 0 Å². The summed E-state index contributed by atoms with van der Waals surface area (Å²) in [5.74, 6) is -0.740. The third kappa shape index (κ3) is 3.62. The first kappa shape index (κ1) is 16.0. The van der Waals surface area contributed by atoms with Gasteiger partial charge in [-0.25, -0.2) is 4.39 Å². The Morgan fingerprint density at radius 2 is 2.19 bits per heavy atom. The third-order valence-corrected chi connectivity index (χ3v) is 4.22. The van der Waals surface area contributed by atoms with Gasteiger partial charge in [0.05, 0.1) is 15.9 Å². The second kappa shape index (κ2) is 6.57. The number of carboxylic acid groups (broad SMARTS) is 1. The summed E-state index contributed by atoms with van der Waals surface area (Å²) in [4.78, 5) is 10.7. The summed E-state index contributed by atoms with van der Waals surface area (Å²) >= 11 is 4.16. The highest BCUT2D eigenvalue weighted by Gasteiger charge is 2.18. The van der Waals surface area contributed by atoms with Crippen molar-refractivity contribution >= 4 is 33.7 Å². The monoisotopic (exact) mass is 373 g/mol. The Labute approximate surface area is 133 Å². The molecule has 1 aromatic carbocycles. The Hall–Kier alpha value is -1.41. The zero-order chi connectivity index (χ0) is 15.6. The van der Waals surface area contributed by atoms with Crippen molar-refractivity contribution in [2.24, 2.45) is 0 Å². The number of nitrogens with zero attached hydrogens (tertiary/aromatic N) is 3. The van der Waals surface area contributed by atoms with Gasteiger partial charge in [-0.3, -0.25) is 9.36 Å². The molecule has 0 fully saturated rings. The van der Waals surface area contributed by atoms with E-state index in [-0.39, 0.29) is 11.7 Å². The predicted octanol–water partition coefficient (Wildman–Crippen LogP) is 3.47. The maximum atomic E-state index is 13.7. The number of aromatic nitrogens is 3. The zero-order valence-corrected chi connectivity index (χ0v) is 13.8. The van der Waals surface area contributed by atoms with Gasteiger partial charge < -0.3 is 5.11 Å². The van der Waals surface area contributed by atoms with Crippen LogP contribution in [0.4, 0.5) is 4.39 Å². The summed E-state index contributed by atoms with van der Waals surface area (Å²) in [5, 5.41) is 17.3.